The van der Waals surface area contributed by atoms with Crippen LogP contribution in [-0.2, 0) is 27.7 Å². The molecule has 168 valence electrons. The van der Waals surface area contributed by atoms with Crippen LogP contribution in [-0.4, -0.2) is 31.7 Å². The molecule has 0 fully saturated rings. The lowest BCUT2D eigenvalue weighted by Gasteiger charge is -2.22. The van der Waals surface area contributed by atoms with Gasteiger partial charge in [0.2, 0.25) is 15.9 Å². The third-order valence-corrected chi connectivity index (χ3v) is 7.11. The number of nitrogens with one attached hydrogen (secondary N) is 1. The number of benzene rings is 3. The second-order valence-electron chi connectivity index (χ2n) is 7.74. The molecule has 0 aliphatic heterocycles. The predicted octanol–water partition coefficient (Wildman–Crippen LogP) is 4.90. The molecule has 0 atom stereocenters. The molecule has 0 radical (unpaired) electrons. The number of anilines is 1. The highest BCUT2D eigenvalue weighted by atomic mass is 32.2. The van der Waals surface area contributed by atoms with Gasteiger partial charge < -0.3 is 5.32 Å². The first-order chi connectivity index (χ1) is 15.5. The van der Waals surface area contributed by atoms with E-state index in [9.17, 15) is 13.2 Å². The van der Waals surface area contributed by atoms with Gasteiger partial charge in [0.1, 0.15) is 0 Å². The van der Waals surface area contributed by atoms with Crippen molar-refractivity contribution >= 4 is 21.6 Å². The van der Waals surface area contributed by atoms with Crippen molar-refractivity contribution in [3.05, 3.63) is 96.1 Å². The topological polar surface area (TPSA) is 66.5 Å². The Kier molecular flexibility index (Phi) is 8.59. The summed E-state index contributed by atoms with van der Waals surface area (Å²) in [6.45, 7) is 2.12. The van der Waals surface area contributed by atoms with Crippen LogP contribution in [0.4, 0.5) is 5.69 Å². The Hall–Kier alpha value is -2.96. The molecule has 32 heavy (non-hydrogen) atoms. The molecular formula is C26H30N2O3S. The maximum atomic E-state index is 13.2. The highest BCUT2D eigenvalue weighted by Gasteiger charge is 2.26. The number of nitrogens with zero attached hydrogens (tertiary/aromatic N) is 1. The summed E-state index contributed by atoms with van der Waals surface area (Å²) < 4.78 is 27.7. The molecule has 0 aliphatic carbocycles. The van der Waals surface area contributed by atoms with Crippen molar-refractivity contribution in [1.82, 2.24) is 4.31 Å². The van der Waals surface area contributed by atoms with Crippen LogP contribution in [0, 0.1) is 0 Å². The fraction of sp³-hybridized carbons (Fsp3) is 0.269. The zero-order chi connectivity index (χ0) is 22.8. The summed E-state index contributed by atoms with van der Waals surface area (Å²) in [5, 5.41) is 2.83. The number of carbonyl (C=O) groups is 1. The maximum Gasteiger partial charge on any atom is 0.243 e. The van der Waals surface area contributed by atoms with E-state index in [-0.39, 0.29) is 23.9 Å². The lowest BCUT2D eigenvalue weighted by molar-refractivity contribution is -0.116. The Morgan fingerprint density at radius 2 is 1.41 bits per heavy atom. The first-order valence-electron chi connectivity index (χ1n) is 11.0. The minimum Gasteiger partial charge on any atom is -0.325 e. The van der Waals surface area contributed by atoms with E-state index >= 15 is 0 Å². The molecule has 3 aromatic rings. The molecule has 0 saturated heterocycles. The normalized spacial score (nSPS) is 11.4. The van der Waals surface area contributed by atoms with Gasteiger partial charge in [-0.2, -0.15) is 4.31 Å². The number of carbonyl (C=O) groups excluding carboxylic acids is 1. The van der Waals surface area contributed by atoms with Gasteiger partial charge in [-0.1, -0.05) is 74.0 Å². The molecule has 0 bridgehead atoms. The van der Waals surface area contributed by atoms with E-state index in [1.165, 1.54) is 9.87 Å². The second-order valence-corrected chi connectivity index (χ2v) is 9.67. The van der Waals surface area contributed by atoms with Gasteiger partial charge in [0, 0.05) is 12.2 Å². The molecule has 0 heterocycles. The van der Waals surface area contributed by atoms with Crippen LogP contribution in [0.3, 0.4) is 0 Å². The molecule has 1 amide bonds. The molecule has 3 aromatic carbocycles. The largest absolute Gasteiger partial charge is 0.325 e. The van der Waals surface area contributed by atoms with Crippen molar-refractivity contribution in [3.63, 3.8) is 0 Å². The Morgan fingerprint density at radius 3 is 2.03 bits per heavy atom. The van der Waals surface area contributed by atoms with Gasteiger partial charge in [-0.3, -0.25) is 4.79 Å². The zero-order valence-electron chi connectivity index (χ0n) is 18.4. The predicted molar refractivity (Wildman–Crippen MR) is 129 cm³/mol. The molecule has 0 aliphatic rings. The van der Waals surface area contributed by atoms with E-state index < -0.39 is 10.0 Å². The molecule has 0 unspecified atom stereocenters. The smallest absolute Gasteiger partial charge is 0.243 e. The van der Waals surface area contributed by atoms with E-state index in [0.717, 1.165) is 24.8 Å². The summed E-state index contributed by atoms with van der Waals surface area (Å²) in [4.78, 5) is 12.9. The number of hydrogen-bond acceptors (Lipinski definition) is 3. The Morgan fingerprint density at radius 1 is 0.812 bits per heavy atom. The Balaban J connectivity index is 1.72. The highest BCUT2D eigenvalue weighted by Crippen LogP contribution is 2.17. The molecule has 5 nitrogen and oxygen atoms in total. The average molecular weight is 451 g/mol. The SMILES string of the molecule is CCCCc1ccc(NC(=O)CN(CCc2ccccc2)S(=O)(=O)c2ccccc2)cc1. The van der Waals surface area contributed by atoms with Crippen LogP contribution in [0.2, 0.25) is 0 Å². The zero-order valence-corrected chi connectivity index (χ0v) is 19.2. The Bertz CT molecular complexity index is 1080. The molecular weight excluding hydrogens is 420 g/mol. The van der Waals surface area contributed by atoms with Crippen molar-refractivity contribution in [2.45, 2.75) is 37.5 Å². The molecule has 0 saturated carbocycles. The molecule has 0 spiro atoms. The third-order valence-electron chi connectivity index (χ3n) is 5.25. The molecule has 0 aromatic heterocycles. The quantitative estimate of drug-likeness (QED) is 0.452. The van der Waals surface area contributed by atoms with Crippen LogP contribution in [0.1, 0.15) is 30.9 Å². The van der Waals surface area contributed by atoms with E-state index in [0.29, 0.717) is 12.1 Å². The second kappa shape index (κ2) is 11.6. The number of amides is 1. The van der Waals surface area contributed by atoms with Crippen molar-refractivity contribution < 1.29 is 13.2 Å². The van der Waals surface area contributed by atoms with Crippen molar-refractivity contribution in [1.29, 1.82) is 0 Å². The van der Waals surface area contributed by atoms with Gasteiger partial charge in [-0.15, -0.1) is 0 Å². The molecule has 3 rings (SSSR count). The van der Waals surface area contributed by atoms with E-state index in [2.05, 4.69) is 12.2 Å². The summed E-state index contributed by atoms with van der Waals surface area (Å²) in [5.74, 6) is -0.362. The monoisotopic (exact) mass is 450 g/mol. The molecule has 6 heteroatoms. The average Bonchev–Trinajstić information content (AvgIpc) is 2.82. The minimum atomic E-state index is -3.80. The fourth-order valence-electron chi connectivity index (χ4n) is 3.42. The van der Waals surface area contributed by atoms with Crippen LogP contribution >= 0.6 is 0 Å². The summed E-state index contributed by atoms with van der Waals surface area (Å²) in [6.07, 6.45) is 3.78. The lowest BCUT2D eigenvalue weighted by Crippen LogP contribution is -2.39. The fourth-order valence-corrected chi connectivity index (χ4v) is 4.84. The van der Waals surface area contributed by atoms with Gasteiger partial charge >= 0.3 is 0 Å². The van der Waals surface area contributed by atoms with Gasteiger partial charge in [0.05, 0.1) is 11.4 Å². The number of rotatable bonds is 11. The van der Waals surface area contributed by atoms with E-state index in [1.807, 2.05) is 54.6 Å². The van der Waals surface area contributed by atoms with Crippen LogP contribution in [0.25, 0.3) is 0 Å². The Labute approximate surface area is 191 Å². The maximum absolute atomic E-state index is 13.2. The summed E-state index contributed by atoms with van der Waals surface area (Å²) >= 11 is 0. The number of sulfonamides is 1. The van der Waals surface area contributed by atoms with Crippen LogP contribution in [0.15, 0.2) is 89.8 Å². The van der Waals surface area contributed by atoms with Crippen molar-refractivity contribution in [3.8, 4) is 0 Å². The third kappa shape index (κ3) is 6.77. The van der Waals surface area contributed by atoms with E-state index in [1.54, 1.807) is 30.3 Å². The van der Waals surface area contributed by atoms with Crippen LogP contribution < -0.4 is 5.32 Å². The minimum absolute atomic E-state index is 0.182. The molecule has 1 N–H and O–H groups in total. The first kappa shape index (κ1) is 23.7. The first-order valence-corrected chi connectivity index (χ1v) is 12.4. The number of hydrogen-bond donors (Lipinski definition) is 1. The van der Waals surface area contributed by atoms with Gasteiger partial charge in [-0.05, 0) is 54.7 Å². The van der Waals surface area contributed by atoms with Crippen molar-refractivity contribution in [2.75, 3.05) is 18.4 Å². The number of unbranched alkanes of at least 4 members (excludes halogenated alkanes) is 1. The summed E-state index contributed by atoms with van der Waals surface area (Å²) in [5.41, 5.74) is 2.90. The van der Waals surface area contributed by atoms with Gasteiger partial charge in [-0.25, -0.2) is 8.42 Å². The number of aryl methyl sites for hydroxylation is 1. The highest BCUT2D eigenvalue weighted by molar-refractivity contribution is 7.89. The lowest BCUT2D eigenvalue weighted by atomic mass is 10.1. The summed E-state index contributed by atoms with van der Waals surface area (Å²) in [7, 11) is -3.80. The summed E-state index contributed by atoms with van der Waals surface area (Å²) in [6, 6.07) is 25.6. The standard InChI is InChI=1S/C26H30N2O3S/c1-2-3-10-23-15-17-24(18-16-23)27-26(29)21-28(20-19-22-11-6-4-7-12-22)32(30,31)25-13-8-5-9-14-25/h4-9,11-18H,2-3,10,19-21H2,1H3,(H,27,29). The van der Waals surface area contributed by atoms with Gasteiger partial charge in [0.25, 0.3) is 0 Å². The van der Waals surface area contributed by atoms with E-state index in [4.69, 9.17) is 0 Å². The van der Waals surface area contributed by atoms with Crippen LogP contribution in [0.5, 0.6) is 0 Å². The van der Waals surface area contributed by atoms with Crippen molar-refractivity contribution in [2.24, 2.45) is 0 Å². The van der Waals surface area contributed by atoms with Gasteiger partial charge in [0.15, 0.2) is 0 Å².